The Balaban J connectivity index is 2.01. The fourth-order valence-corrected chi connectivity index (χ4v) is 2.33. The van der Waals surface area contributed by atoms with Gasteiger partial charge in [-0.25, -0.2) is 4.79 Å². The third-order valence-corrected chi connectivity index (χ3v) is 3.48. The van der Waals surface area contributed by atoms with Crippen molar-refractivity contribution in [2.45, 2.75) is 38.3 Å². The standard InChI is InChI=1S/C12H19N3O3/c1-12(18)3-2-5-15(6-4-12)8-9-7-13-14-10(9)11(16)17/h7,18H,2-6,8H2,1H3,(H,13,14)(H,16,17)/t12-/m0/s1. The summed E-state index contributed by atoms with van der Waals surface area (Å²) in [5, 5.41) is 25.3. The van der Waals surface area contributed by atoms with Gasteiger partial charge in [0.05, 0.1) is 11.8 Å². The molecule has 1 aromatic rings. The van der Waals surface area contributed by atoms with Crippen molar-refractivity contribution in [3.8, 4) is 0 Å². The Labute approximate surface area is 106 Å². The summed E-state index contributed by atoms with van der Waals surface area (Å²) in [5.41, 5.74) is 0.260. The van der Waals surface area contributed by atoms with E-state index < -0.39 is 11.6 Å². The molecule has 0 aliphatic carbocycles. The van der Waals surface area contributed by atoms with Crippen LogP contribution in [0.3, 0.4) is 0 Å². The lowest BCUT2D eigenvalue weighted by Crippen LogP contribution is -2.28. The second-order valence-corrected chi connectivity index (χ2v) is 5.20. The Morgan fingerprint density at radius 1 is 1.56 bits per heavy atom. The molecule has 3 N–H and O–H groups in total. The van der Waals surface area contributed by atoms with Crippen LogP contribution in [-0.2, 0) is 6.54 Å². The number of carboxylic acid groups (broad SMARTS) is 1. The normalized spacial score (nSPS) is 25.9. The van der Waals surface area contributed by atoms with E-state index in [0.717, 1.165) is 25.9 Å². The number of carbonyl (C=O) groups is 1. The second-order valence-electron chi connectivity index (χ2n) is 5.20. The van der Waals surface area contributed by atoms with Gasteiger partial charge in [0.15, 0.2) is 0 Å². The molecule has 0 radical (unpaired) electrons. The summed E-state index contributed by atoms with van der Waals surface area (Å²) in [6.45, 7) is 4.07. The molecule has 0 saturated carbocycles. The number of aromatic amines is 1. The molecule has 1 aromatic heterocycles. The van der Waals surface area contributed by atoms with Crippen molar-refractivity contribution in [2.24, 2.45) is 0 Å². The van der Waals surface area contributed by atoms with Crippen LogP contribution in [0.5, 0.6) is 0 Å². The SMILES string of the molecule is C[C@]1(O)CCCN(Cc2cn[nH]c2C(=O)O)CC1. The first-order valence-electron chi connectivity index (χ1n) is 6.18. The minimum Gasteiger partial charge on any atom is -0.477 e. The average Bonchev–Trinajstić information content (AvgIpc) is 2.66. The Morgan fingerprint density at radius 3 is 3.06 bits per heavy atom. The van der Waals surface area contributed by atoms with E-state index in [9.17, 15) is 9.90 Å². The van der Waals surface area contributed by atoms with Crippen molar-refractivity contribution in [3.05, 3.63) is 17.5 Å². The number of likely N-dealkylation sites (tertiary alicyclic amines) is 1. The summed E-state index contributed by atoms with van der Waals surface area (Å²) in [4.78, 5) is 13.1. The molecule has 100 valence electrons. The first kappa shape index (κ1) is 13.0. The zero-order valence-electron chi connectivity index (χ0n) is 10.5. The van der Waals surface area contributed by atoms with Crippen LogP contribution in [-0.4, -0.2) is 50.0 Å². The smallest absolute Gasteiger partial charge is 0.354 e. The summed E-state index contributed by atoms with van der Waals surface area (Å²) in [6, 6.07) is 0. The van der Waals surface area contributed by atoms with E-state index in [1.165, 1.54) is 0 Å². The van der Waals surface area contributed by atoms with Crippen LogP contribution in [0.25, 0.3) is 0 Å². The lowest BCUT2D eigenvalue weighted by molar-refractivity contribution is 0.0443. The molecule has 0 spiro atoms. The number of aromatic carboxylic acids is 1. The lowest BCUT2D eigenvalue weighted by Gasteiger charge is -2.22. The summed E-state index contributed by atoms with van der Waals surface area (Å²) in [6.07, 6.45) is 3.99. The lowest BCUT2D eigenvalue weighted by atomic mass is 9.98. The van der Waals surface area contributed by atoms with E-state index in [2.05, 4.69) is 15.1 Å². The van der Waals surface area contributed by atoms with Crippen LogP contribution >= 0.6 is 0 Å². The Morgan fingerprint density at radius 2 is 2.33 bits per heavy atom. The topological polar surface area (TPSA) is 89.5 Å². The van der Waals surface area contributed by atoms with Crippen LogP contribution in [0.4, 0.5) is 0 Å². The van der Waals surface area contributed by atoms with Gasteiger partial charge >= 0.3 is 5.97 Å². The molecule has 0 unspecified atom stereocenters. The Kier molecular flexibility index (Phi) is 3.68. The Hall–Kier alpha value is -1.40. The minimum atomic E-state index is -0.982. The molecule has 1 atom stereocenters. The van der Waals surface area contributed by atoms with Crippen LogP contribution < -0.4 is 0 Å². The number of nitrogens with zero attached hydrogens (tertiary/aromatic N) is 2. The molecular formula is C12H19N3O3. The number of hydrogen-bond donors (Lipinski definition) is 3. The number of carboxylic acids is 1. The van der Waals surface area contributed by atoms with Crippen LogP contribution in [0, 0.1) is 0 Å². The number of nitrogens with one attached hydrogen (secondary N) is 1. The molecule has 1 aliphatic heterocycles. The number of rotatable bonds is 3. The molecule has 6 nitrogen and oxygen atoms in total. The number of hydrogen-bond acceptors (Lipinski definition) is 4. The summed E-state index contributed by atoms with van der Waals surface area (Å²) in [5.74, 6) is -0.982. The Bertz CT molecular complexity index is 428. The maximum Gasteiger partial charge on any atom is 0.354 e. The first-order valence-corrected chi connectivity index (χ1v) is 6.18. The van der Waals surface area contributed by atoms with Gasteiger partial charge in [-0.3, -0.25) is 10.00 Å². The number of aromatic nitrogens is 2. The second kappa shape index (κ2) is 5.07. The molecule has 2 heterocycles. The highest BCUT2D eigenvalue weighted by Gasteiger charge is 2.25. The molecule has 1 aliphatic rings. The number of aliphatic hydroxyl groups is 1. The van der Waals surface area contributed by atoms with Gasteiger partial charge in [0, 0.05) is 18.7 Å². The molecule has 0 aromatic carbocycles. The minimum absolute atomic E-state index is 0.158. The highest BCUT2D eigenvalue weighted by Crippen LogP contribution is 2.22. The zero-order chi connectivity index (χ0) is 13.2. The van der Waals surface area contributed by atoms with E-state index in [4.69, 9.17) is 5.11 Å². The molecule has 1 saturated heterocycles. The van der Waals surface area contributed by atoms with Crippen molar-refractivity contribution >= 4 is 5.97 Å². The van der Waals surface area contributed by atoms with Crippen molar-refractivity contribution in [1.82, 2.24) is 15.1 Å². The monoisotopic (exact) mass is 253 g/mol. The van der Waals surface area contributed by atoms with Crippen molar-refractivity contribution < 1.29 is 15.0 Å². The molecule has 18 heavy (non-hydrogen) atoms. The molecule has 0 amide bonds. The molecule has 0 bridgehead atoms. The van der Waals surface area contributed by atoms with Gasteiger partial charge in [-0.1, -0.05) is 0 Å². The summed E-state index contributed by atoms with van der Waals surface area (Å²) >= 11 is 0. The van der Waals surface area contributed by atoms with E-state index in [1.54, 1.807) is 6.20 Å². The van der Waals surface area contributed by atoms with Gasteiger partial charge in [0.25, 0.3) is 0 Å². The molecule has 2 rings (SSSR count). The van der Waals surface area contributed by atoms with Gasteiger partial charge in [-0.05, 0) is 32.7 Å². The predicted molar refractivity (Wildman–Crippen MR) is 65.3 cm³/mol. The van der Waals surface area contributed by atoms with Crippen LogP contribution in [0.1, 0.15) is 42.2 Å². The average molecular weight is 253 g/mol. The third kappa shape index (κ3) is 3.08. The van der Waals surface area contributed by atoms with Gasteiger partial charge in [-0.2, -0.15) is 5.10 Å². The number of H-pyrrole nitrogens is 1. The summed E-state index contributed by atoms with van der Waals surface area (Å²) < 4.78 is 0. The highest BCUT2D eigenvalue weighted by atomic mass is 16.4. The quantitative estimate of drug-likeness (QED) is 0.743. The maximum absolute atomic E-state index is 11.0. The van der Waals surface area contributed by atoms with Gasteiger partial charge in [-0.15, -0.1) is 0 Å². The van der Waals surface area contributed by atoms with Crippen LogP contribution in [0.2, 0.25) is 0 Å². The van der Waals surface area contributed by atoms with Gasteiger partial charge in [0.2, 0.25) is 0 Å². The molecule has 1 fully saturated rings. The van der Waals surface area contributed by atoms with Crippen molar-refractivity contribution in [2.75, 3.05) is 13.1 Å². The van der Waals surface area contributed by atoms with E-state index in [-0.39, 0.29) is 5.69 Å². The predicted octanol–water partition coefficient (Wildman–Crippen LogP) is 0.845. The maximum atomic E-state index is 11.0. The van der Waals surface area contributed by atoms with E-state index in [0.29, 0.717) is 18.5 Å². The zero-order valence-corrected chi connectivity index (χ0v) is 10.5. The van der Waals surface area contributed by atoms with Crippen molar-refractivity contribution in [3.63, 3.8) is 0 Å². The largest absolute Gasteiger partial charge is 0.477 e. The third-order valence-electron chi connectivity index (χ3n) is 3.48. The summed E-state index contributed by atoms with van der Waals surface area (Å²) in [7, 11) is 0. The van der Waals surface area contributed by atoms with E-state index in [1.807, 2.05) is 6.92 Å². The van der Waals surface area contributed by atoms with Crippen LogP contribution in [0.15, 0.2) is 6.20 Å². The molecule has 6 heteroatoms. The fourth-order valence-electron chi connectivity index (χ4n) is 2.33. The highest BCUT2D eigenvalue weighted by molar-refractivity contribution is 5.86. The van der Waals surface area contributed by atoms with Gasteiger partial charge < -0.3 is 10.2 Å². The fraction of sp³-hybridized carbons (Fsp3) is 0.667. The first-order chi connectivity index (χ1) is 8.48. The molecular weight excluding hydrogens is 234 g/mol. The van der Waals surface area contributed by atoms with Crippen molar-refractivity contribution in [1.29, 1.82) is 0 Å². The van der Waals surface area contributed by atoms with Gasteiger partial charge in [0.1, 0.15) is 5.69 Å². The van der Waals surface area contributed by atoms with E-state index >= 15 is 0 Å².